The SMILES string of the molecule is CCn1c(=O)c2cc(Br)ccc2n(Cc2ccc(C)cc2)c1=O. The largest absolute Gasteiger partial charge is 0.331 e. The van der Waals surface area contributed by atoms with Crippen molar-refractivity contribution in [1.82, 2.24) is 9.13 Å². The third-order valence-corrected chi connectivity index (χ3v) is 4.46. The fourth-order valence-electron chi connectivity index (χ4n) is 2.70. The van der Waals surface area contributed by atoms with Crippen LogP contribution in [0.3, 0.4) is 0 Å². The van der Waals surface area contributed by atoms with Gasteiger partial charge in [-0.3, -0.25) is 13.9 Å². The molecule has 118 valence electrons. The Morgan fingerprint density at radius 2 is 1.70 bits per heavy atom. The third-order valence-electron chi connectivity index (χ3n) is 3.96. The maximum absolute atomic E-state index is 12.7. The molecule has 0 fully saturated rings. The van der Waals surface area contributed by atoms with E-state index in [-0.39, 0.29) is 11.2 Å². The lowest BCUT2D eigenvalue weighted by Gasteiger charge is -2.13. The van der Waals surface area contributed by atoms with Gasteiger partial charge in [0.2, 0.25) is 0 Å². The summed E-state index contributed by atoms with van der Waals surface area (Å²) in [6.07, 6.45) is 0. The van der Waals surface area contributed by atoms with E-state index in [2.05, 4.69) is 15.9 Å². The number of hydrogen-bond donors (Lipinski definition) is 0. The lowest BCUT2D eigenvalue weighted by atomic mass is 10.1. The molecule has 0 N–H and O–H groups in total. The van der Waals surface area contributed by atoms with Crippen molar-refractivity contribution in [2.75, 3.05) is 0 Å². The fourth-order valence-corrected chi connectivity index (χ4v) is 3.06. The van der Waals surface area contributed by atoms with Crippen LogP contribution in [0.25, 0.3) is 10.9 Å². The van der Waals surface area contributed by atoms with Gasteiger partial charge in [0.05, 0.1) is 17.4 Å². The average Bonchev–Trinajstić information content (AvgIpc) is 2.54. The lowest BCUT2D eigenvalue weighted by Crippen LogP contribution is -2.39. The summed E-state index contributed by atoms with van der Waals surface area (Å²) in [6.45, 7) is 4.63. The van der Waals surface area contributed by atoms with Crippen LogP contribution >= 0.6 is 15.9 Å². The third kappa shape index (κ3) is 2.88. The molecular weight excluding hydrogens is 356 g/mol. The monoisotopic (exact) mass is 372 g/mol. The Kier molecular flexibility index (Phi) is 4.22. The van der Waals surface area contributed by atoms with Crippen molar-refractivity contribution in [3.8, 4) is 0 Å². The number of nitrogens with zero attached hydrogens (tertiary/aromatic N) is 2. The van der Waals surface area contributed by atoms with Crippen LogP contribution in [0.1, 0.15) is 18.1 Å². The second-order valence-electron chi connectivity index (χ2n) is 5.57. The smallest absolute Gasteiger partial charge is 0.289 e. The Hall–Kier alpha value is -2.14. The lowest BCUT2D eigenvalue weighted by molar-refractivity contribution is 0.619. The van der Waals surface area contributed by atoms with Gasteiger partial charge in [-0.15, -0.1) is 0 Å². The van der Waals surface area contributed by atoms with Gasteiger partial charge in [-0.1, -0.05) is 45.8 Å². The molecule has 0 aliphatic heterocycles. The molecule has 0 bridgehead atoms. The average molecular weight is 373 g/mol. The molecule has 0 aliphatic carbocycles. The standard InChI is InChI=1S/C18H17BrN2O2/c1-3-20-17(22)15-10-14(19)8-9-16(15)21(18(20)23)11-13-6-4-12(2)5-7-13/h4-10H,3,11H2,1-2H3. The molecule has 1 heterocycles. The molecule has 0 atom stereocenters. The summed E-state index contributed by atoms with van der Waals surface area (Å²) >= 11 is 3.40. The summed E-state index contributed by atoms with van der Waals surface area (Å²) in [5.74, 6) is 0. The molecule has 0 aliphatic rings. The first kappa shape index (κ1) is 15.7. The zero-order chi connectivity index (χ0) is 16.6. The van der Waals surface area contributed by atoms with Crippen molar-refractivity contribution in [3.05, 3.63) is 78.9 Å². The van der Waals surface area contributed by atoms with Gasteiger partial charge in [0.15, 0.2) is 0 Å². The number of aromatic nitrogens is 2. The summed E-state index contributed by atoms with van der Waals surface area (Å²) in [6, 6.07) is 13.5. The Morgan fingerprint density at radius 3 is 2.35 bits per heavy atom. The van der Waals surface area contributed by atoms with Crippen molar-refractivity contribution in [2.45, 2.75) is 26.9 Å². The number of aryl methyl sites for hydroxylation is 1. The Morgan fingerprint density at radius 1 is 1.00 bits per heavy atom. The minimum Gasteiger partial charge on any atom is -0.289 e. The van der Waals surface area contributed by atoms with Gasteiger partial charge >= 0.3 is 5.69 Å². The molecule has 0 amide bonds. The van der Waals surface area contributed by atoms with E-state index in [0.29, 0.717) is 24.0 Å². The summed E-state index contributed by atoms with van der Waals surface area (Å²) in [7, 11) is 0. The van der Waals surface area contributed by atoms with Crippen molar-refractivity contribution < 1.29 is 0 Å². The van der Waals surface area contributed by atoms with Crippen molar-refractivity contribution in [3.63, 3.8) is 0 Å². The molecule has 0 spiro atoms. The van der Waals surface area contributed by atoms with E-state index in [1.165, 1.54) is 10.1 Å². The van der Waals surface area contributed by atoms with Crippen LogP contribution in [-0.2, 0) is 13.1 Å². The minimum atomic E-state index is -0.270. The topological polar surface area (TPSA) is 44.0 Å². The normalized spacial score (nSPS) is 11.1. The van der Waals surface area contributed by atoms with E-state index in [9.17, 15) is 9.59 Å². The highest BCUT2D eigenvalue weighted by Crippen LogP contribution is 2.17. The fraction of sp³-hybridized carbons (Fsp3) is 0.222. The van der Waals surface area contributed by atoms with Crippen LogP contribution in [0.5, 0.6) is 0 Å². The second-order valence-corrected chi connectivity index (χ2v) is 6.48. The van der Waals surface area contributed by atoms with E-state index >= 15 is 0 Å². The Balaban J connectivity index is 2.28. The van der Waals surface area contributed by atoms with Crippen LogP contribution in [0.4, 0.5) is 0 Å². The van der Waals surface area contributed by atoms with Crippen LogP contribution in [0.2, 0.25) is 0 Å². The molecule has 0 saturated heterocycles. The second kappa shape index (κ2) is 6.16. The summed E-state index contributed by atoms with van der Waals surface area (Å²) in [5, 5.41) is 0.549. The van der Waals surface area contributed by atoms with Crippen molar-refractivity contribution in [2.24, 2.45) is 0 Å². The quantitative estimate of drug-likeness (QED) is 0.707. The number of benzene rings is 2. The summed E-state index contributed by atoms with van der Waals surface area (Å²) < 4.78 is 3.77. The van der Waals surface area contributed by atoms with Gasteiger partial charge in [-0.05, 0) is 37.6 Å². The molecule has 0 unspecified atom stereocenters. The van der Waals surface area contributed by atoms with E-state index < -0.39 is 0 Å². The molecule has 5 heteroatoms. The molecule has 23 heavy (non-hydrogen) atoms. The van der Waals surface area contributed by atoms with Gasteiger partial charge in [0, 0.05) is 11.0 Å². The highest BCUT2D eigenvalue weighted by molar-refractivity contribution is 9.10. The predicted molar refractivity (Wildman–Crippen MR) is 96.1 cm³/mol. The molecule has 3 rings (SSSR count). The van der Waals surface area contributed by atoms with E-state index in [0.717, 1.165) is 10.0 Å². The zero-order valence-corrected chi connectivity index (χ0v) is 14.6. The van der Waals surface area contributed by atoms with Crippen LogP contribution in [-0.4, -0.2) is 9.13 Å². The minimum absolute atomic E-state index is 0.242. The van der Waals surface area contributed by atoms with E-state index in [1.807, 2.05) is 50.2 Å². The highest BCUT2D eigenvalue weighted by Gasteiger charge is 2.12. The van der Waals surface area contributed by atoms with Crippen molar-refractivity contribution >= 4 is 26.8 Å². The highest BCUT2D eigenvalue weighted by atomic mass is 79.9. The molecule has 1 aromatic heterocycles. The Bertz CT molecular complexity index is 985. The molecule has 2 aromatic carbocycles. The van der Waals surface area contributed by atoms with Gasteiger partial charge in [0.25, 0.3) is 5.56 Å². The molecular formula is C18H17BrN2O2. The number of rotatable bonds is 3. The zero-order valence-electron chi connectivity index (χ0n) is 13.0. The van der Waals surface area contributed by atoms with Gasteiger partial charge in [0.1, 0.15) is 0 Å². The molecule has 0 saturated carbocycles. The van der Waals surface area contributed by atoms with E-state index in [4.69, 9.17) is 0 Å². The van der Waals surface area contributed by atoms with Crippen LogP contribution < -0.4 is 11.2 Å². The molecule has 4 nitrogen and oxygen atoms in total. The van der Waals surface area contributed by atoms with Crippen LogP contribution in [0, 0.1) is 6.92 Å². The molecule has 0 radical (unpaired) electrons. The summed E-state index contributed by atoms with van der Waals surface area (Å²) in [4.78, 5) is 25.2. The number of hydrogen-bond acceptors (Lipinski definition) is 2. The number of fused-ring (bicyclic) bond motifs is 1. The van der Waals surface area contributed by atoms with E-state index in [1.54, 1.807) is 10.6 Å². The first-order valence-corrected chi connectivity index (χ1v) is 8.29. The summed E-state index contributed by atoms with van der Waals surface area (Å²) in [5.41, 5.74) is 2.35. The Labute approximate surface area is 142 Å². The first-order valence-electron chi connectivity index (χ1n) is 7.49. The van der Waals surface area contributed by atoms with Crippen LogP contribution in [0.15, 0.2) is 56.5 Å². The maximum atomic E-state index is 12.7. The van der Waals surface area contributed by atoms with Crippen molar-refractivity contribution in [1.29, 1.82) is 0 Å². The first-order chi connectivity index (χ1) is 11.0. The van der Waals surface area contributed by atoms with Gasteiger partial charge in [-0.25, -0.2) is 4.79 Å². The van der Waals surface area contributed by atoms with Gasteiger partial charge < -0.3 is 0 Å². The predicted octanol–water partition coefficient (Wildman–Crippen LogP) is 3.30. The number of halogens is 1. The molecule has 3 aromatic rings. The van der Waals surface area contributed by atoms with Gasteiger partial charge in [-0.2, -0.15) is 0 Å². The maximum Gasteiger partial charge on any atom is 0.331 e.